The topological polar surface area (TPSA) is 0 Å². The third-order valence-corrected chi connectivity index (χ3v) is 2.73. The smallest absolute Gasteiger partial charge is 0 e. The zero-order valence-corrected chi connectivity index (χ0v) is 10.9. The van der Waals surface area contributed by atoms with Crippen LogP contribution >= 0.6 is 0 Å². The van der Waals surface area contributed by atoms with Gasteiger partial charge in [0.2, 0.25) is 0 Å². The van der Waals surface area contributed by atoms with Crippen molar-refractivity contribution < 1.29 is 17.1 Å². The molecule has 15 heavy (non-hydrogen) atoms. The molecular formula is C14H18Fe-6. The van der Waals surface area contributed by atoms with Crippen molar-refractivity contribution in [3.8, 4) is 0 Å². The van der Waals surface area contributed by atoms with Gasteiger partial charge in [0.1, 0.15) is 0 Å². The second-order valence-corrected chi connectivity index (χ2v) is 3.72. The van der Waals surface area contributed by atoms with E-state index >= 15 is 0 Å². The zero-order chi connectivity index (χ0) is 10.6. The SMILES string of the molecule is Cc1c[c-](C)c(C)c1C.[Fe].[cH-]1[cH-][cH-][cH-][cH-]1. The first kappa shape index (κ1) is 14.2. The fraction of sp³-hybridized carbons (Fsp3) is 0.286. The summed E-state index contributed by atoms with van der Waals surface area (Å²) in [6.07, 6.45) is 0. The van der Waals surface area contributed by atoms with Crippen LogP contribution in [0.3, 0.4) is 0 Å². The molecule has 0 aliphatic carbocycles. The van der Waals surface area contributed by atoms with Crippen LogP contribution in [0.2, 0.25) is 0 Å². The van der Waals surface area contributed by atoms with Crippen molar-refractivity contribution in [2.24, 2.45) is 0 Å². The molecule has 0 saturated heterocycles. The molecule has 2 aromatic rings. The van der Waals surface area contributed by atoms with Crippen molar-refractivity contribution in [3.63, 3.8) is 0 Å². The maximum Gasteiger partial charge on any atom is 0 e. The number of hydrogen-bond acceptors (Lipinski definition) is 0. The number of aryl methyl sites for hydroxylation is 2. The van der Waals surface area contributed by atoms with E-state index in [4.69, 9.17) is 0 Å². The van der Waals surface area contributed by atoms with E-state index in [0.29, 0.717) is 0 Å². The maximum absolute atomic E-state index is 2.24. The van der Waals surface area contributed by atoms with Crippen LogP contribution in [0.4, 0.5) is 0 Å². The summed E-state index contributed by atoms with van der Waals surface area (Å²) in [4.78, 5) is 0. The Morgan fingerprint density at radius 3 is 1.47 bits per heavy atom. The molecule has 88 valence electrons. The van der Waals surface area contributed by atoms with Gasteiger partial charge in [-0.05, 0) is 0 Å². The molecule has 2 rings (SSSR count). The van der Waals surface area contributed by atoms with Gasteiger partial charge in [0, 0.05) is 17.1 Å². The second-order valence-electron chi connectivity index (χ2n) is 3.72. The summed E-state index contributed by atoms with van der Waals surface area (Å²) in [7, 11) is 0. The van der Waals surface area contributed by atoms with Gasteiger partial charge < -0.3 is 30.3 Å². The molecule has 0 nitrogen and oxygen atoms in total. The molecule has 0 spiro atoms. The summed E-state index contributed by atoms with van der Waals surface area (Å²) < 4.78 is 0. The maximum atomic E-state index is 2.24. The Morgan fingerprint density at radius 2 is 1.33 bits per heavy atom. The molecule has 0 unspecified atom stereocenters. The Hall–Kier alpha value is -0.781. The monoisotopic (exact) mass is 242 g/mol. The zero-order valence-electron chi connectivity index (χ0n) is 9.82. The summed E-state index contributed by atoms with van der Waals surface area (Å²) >= 11 is 0. The minimum atomic E-state index is 0. The van der Waals surface area contributed by atoms with E-state index in [1.54, 1.807) is 0 Å². The first-order chi connectivity index (χ1) is 6.63. The van der Waals surface area contributed by atoms with Crippen LogP contribution in [0.15, 0.2) is 36.4 Å². The van der Waals surface area contributed by atoms with E-state index in [0.717, 1.165) is 0 Å². The van der Waals surface area contributed by atoms with E-state index in [1.807, 2.05) is 30.3 Å². The van der Waals surface area contributed by atoms with Crippen molar-refractivity contribution in [1.29, 1.82) is 0 Å². The van der Waals surface area contributed by atoms with Crippen LogP contribution < -0.4 is 0 Å². The average molecular weight is 242 g/mol. The van der Waals surface area contributed by atoms with Crippen LogP contribution in [-0.2, 0) is 17.1 Å². The van der Waals surface area contributed by atoms with Crippen molar-refractivity contribution in [3.05, 3.63) is 58.7 Å². The Labute approximate surface area is 104 Å². The van der Waals surface area contributed by atoms with Crippen molar-refractivity contribution in [2.75, 3.05) is 0 Å². The molecule has 0 fully saturated rings. The molecule has 0 N–H and O–H groups in total. The summed E-state index contributed by atoms with van der Waals surface area (Å²) in [6.45, 7) is 8.68. The molecule has 0 radical (unpaired) electrons. The van der Waals surface area contributed by atoms with Crippen LogP contribution in [0.25, 0.3) is 0 Å². The third-order valence-electron chi connectivity index (χ3n) is 2.73. The molecule has 0 bridgehead atoms. The molecule has 1 heteroatoms. The van der Waals surface area contributed by atoms with E-state index in [9.17, 15) is 0 Å². The van der Waals surface area contributed by atoms with Gasteiger partial charge in [0.05, 0.1) is 0 Å². The molecule has 0 heterocycles. The van der Waals surface area contributed by atoms with Gasteiger partial charge in [0.15, 0.2) is 0 Å². The summed E-state index contributed by atoms with van der Waals surface area (Å²) in [5.74, 6) is 0. The summed E-state index contributed by atoms with van der Waals surface area (Å²) in [5.41, 5.74) is 5.75. The molecule has 0 amide bonds. The molecule has 0 atom stereocenters. The fourth-order valence-corrected chi connectivity index (χ4v) is 1.45. The van der Waals surface area contributed by atoms with Crippen LogP contribution in [0, 0.1) is 27.7 Å². The Balaban J connectivity index is 0.000000280. The fourth-order valence-electron chi connectivity index (χ4n) is 1.45. The van der Waals surface area contributed by atoms with Crippen molar-refractivity contribution in [2.45, 2.75) is 27.7 Å². The quantitative estimate of drug-likeness (QED) is 0.483. The van der Waals surface area contributed by atoms with E-state index < -0.39 is 0 Å². The molecule has 0 aromatic heterocycles. The molecule has 0 saturated carbocycles. The van der Waals surface area contributed by atoms with Gasteiger partial charge in [-0.15, -0.1) is 0 Å². The Bertz CT molecular complexity index is 326. The third kappa shape index (κ3) is 4.07. The normalized spacial score (nSPS) is 8.80. The molecule has 2 aromatic carbocycles. The van der Waals surface area contributed by atoms with Gasteiger partial charge in [-0.1, -0.05) is 27.7 Å². The second kappa shape index (κ2) is 6.66. The van der Waals surface area contributed by atoms with Gasteiger partial charge >= 0.3 is 0 Å². The van der Waals surface area contributed by atoms with Gasteiger partial charge in [-0.25, -0.2) is 0 Å². The standard InChI is InChI=1S/C9H13.C5H5.Fe/c1-6-5-7(2)9(4)8(6)3;1-2-4-5-3-1;/h5H,1-4H3;1-5H;/q-1;-5;. The predicted molar refractivity (Wildman–Crippen MR) is 63.0 cm³/mol. The molecule has 0 aliphatic heterocycles. The Kier molecular flexibility index (Phi) is 6.31. The predicted octanol–water partition coefficient (Wildman–Crippen LogP) is 4.04. The van der Waals surface area contributed by atoms with Crippen molar-refractivity contribution in [1.82, 2.24) is 0 Å². The van der Waals surface area contributed by atoms with E-state index in [-0.39, 0.29) is 17.1 Å². The van der Waals surface area contributed by atoms with Gasteiger partial charge in [-0.2, -0.15) is 28.3 Å². The summed E-state index contributed by atoms with van der Waals surface area (Å²) in [6, 6.07) is 12.2. The average Bonchev–Trinajstić information content (AvgIpc) is 2.78. The molecular weight excluding hydrogens is 224 g/mol. The Morgan fingerprint density at radius 1 is 0.933 bits per heavy atom. The van der Waals surface area contributed by atoms with Crippen LogP contribution in [0.5, 0.6) is 0 Å². The molecule has 0 aliphatic rings. The van der Waals surface area contributed by atoms with Gasteiger partial charge in [0.25, 0.3) is 0 Å². The largest absolute Gasteiger partial charge is 0.748 e. The number of rotatable bonds is 0. The minimum Gasteiger partial charge on any atom is -0.748 e. The van der Waals surface area contributed by atoms with E-state index in [2.05, 4.69) is 33.8 Å². The number of hydrogen-bond donors (Lipinski definition) is 0. The van der Waals surface area contributed by atoms with Crippen LogP contribution in [-0.4, -0.2) is 0 Å². The van der Waals surface area contributed by atoms with Crippen LogP contribution in [0.1, 0.15) is 22.3 Å². The van der Waals surface area contributed by atoms with Crippen molar-refractivity contribution >= 4 is 0 Å². The summed E-state index contributed by atoms with van der Waals surface area (Å²) in [5, 5.41) is 0. The van der Waals surface area contributed by atoms with Gasteiger partial charge in [-0.3, -0.25) is 0 Å². The first-order valence-electron chi connectivity index (χ1n) is 4.99. The van der Waals surface area contributed by atoms with E-state index in [1.165, 1.54) is 22.3 Å². The first-order valence-corrected chi connectivity index (χ1v) is 4.99. The minimum absolute atomic E-state index is 0.